The lowest BCUT2D eigenvalue weighted by Gasteiger charge is -2.12. The molecule has 1 atom stereocenters. The van der Waals surface area contributed by atoms with E-state index < -0.39 is 6.04 Å². The molecule has 0 amide bonds. The summed E-state index contributed by atoms with van der Waals surface area (Å²) in [6.07, 6.45) is 0. The number of aryl methyl sites for hydroxylation is 1. The van der Waals surface area contributed by atoms with Crippen LogP contribution < -0.4 is 5.73 Å². The van der Waals surface area contributed by atoms with Crippen LogP contribution in [0, 0.1) is 6.92 Å². The highest BCUT2D eigenvalue weighted by Gasteiger charge is 2.13. The summed E-state index contributed by atoms with van der Waals surface area (Å²) in [5, 5.41) is 18.5. The van der Waals surface area contributed by atoms with Gasteiger partial charge in [0.15, 0.2) is 0 Å². The summed E-state index contributed by atoms with van der Waals surface area (Å²) in [6, 6.07) is 2.88. The standard InChI is InChI=1S/C9H12ClNO2/c1-5-2-3-6(7(11)4-12)8(10)9(5)13/h2-3,7,12-13H,4,11H2,1H3. The molecule has 4 N–H and O–H groups in total. The van der Waals surface area contributed by atoms with Crippen molar-refractivity contribution in [2.45, 2.75) is 13.0 Å². The Morgan fingerprint density at radius 3 is 2.69 bits per heavy atom. The lowest BCUT2D eigenvalue weighted by molar-refractivity contribution is 0.268. The van der Waals surface area contributed by atoms with Gasteiger partial charge in [-0.3, -0.25) is 0 Å². The Labute approximate surface area is 81.8 Å². The molecule has 1 rings (SSSR count). The second-order valence-corrected chi connectivity index (χ2v) is 3.30. The lowest BCUT2D eigenvalue weighted by Crippen LogP contribution is -2.14. The minimum atomic E-state index is -0.543. The molecule has 0 saturated carbocycles. The highest BCUT2D eigenvalue weighted by molar-refractivity contribution is 6.33. The van der Waals surface area contributed by atoms with E-state index in [1.54, 1.807) is 19.1 Å². The molecule has 0 radical (unpaired) electrons. The number of aliphatic hydroxyl groups is 1. The van der Waals surface area contributed by atoms with Crippen molar-refractivity contribution in [1.82, 2.24) is 0 Å². The smallest absolute Gasteiger partial charge is 0.137 e. The van der Waals surface area contributed by atoms with Crippen LogP contribution in [0.2, 0.25) is 5.02 Å². The average molecular weight is 202 g/mol. The normalized spacial score (nSPS) is 12.9. The third-order valence-electron chi connectivity index (χ3n) is 1.94. The zero-order valence-electron chi connectivity index (χ0n) is 7.29. The Balaban J connectivity index is 3.18. The van der Waals surface area contributed by atoms with Gasteiger partial charge in [-0.15, -0.1) is 0 Å². The van der Waals surface area contributed by atoms with Crippen LogP contribution in [0.4, 0.5) is 0 Å². The number of phenols is 1. The van der Waals surface area contributed by atoms with Crippen LogP contribution in [-0.2, 0) is 0 Å². The molecule has 0 aliphatic rings. The van der Waals surface area contributed by atoms with E-state index in [1.807, 2.05) is 0 Å². The number of aliphatic hydroxyl groups excluding tert-OH is 1. The fourth-order valence-corrected chi connectivity index (χ4v) is 1.41. The molecule has 72 valence electrons. The number of phenolic OH excluding ortho intramolecular Hbond substituents is 1. The second kappa shape index (κ2) is 3.96. The number of rotatable bonds is 2. The van der Waals surface area contributed by atoms with Gasteiger partial charge in [-0.25, -0.2) is 0 Å². The number of benzene rings is 1. The maximum atomic E-state index is 9.46. The minimum Gasteiger partial charge on any atom is -0.506 e. The maximum absolute atomic E-state index is 9.46. The van der Waals surface area contributed by atoms with Crippen molar-refractivity contribution in [3.05, 3.63) is 28.3 Å². The molecule has 0 bridgehead atoms. The fraction of sp³-hybridized carbons (Fsp3) is 0.333. The van der Waals surface area contributed by atoms with E-state index in [9.17, 15) is 5.11 Å². The Kier molecular flexibility index (Phi) is 3.14. The minimum absolute atomic E-state index is 0.0306. The lowest BCUT2D eigenvalue weighted by atomic mass is 10.1. The molecular weight excluding hydrogens is 190 g/mol. The highest BCUT2D eigenvalue weighted by Crippen LogP contribution is 2.32. The van der Waals surface area contributed by atoms with E-state index in [2.05, 4.69) is 0 Å². The molecule has 1 unspecified atom stereocenters. The van der Waals surface area contributed by atoms with Crippen LogP contribution in [0.3, 0.4) is 0 Å². The second-order valence-electron chi connectivity index (χ2n) is 2.92. The molecule has 0 aliphatic carbocycles. The monoisotopic (exact) mass is 201 g/mol. The van der Waals surface area contributed by atoms with Gasteiger partial charge in [-0.05, 0) is 18.1 Å². The van der Waals surface area contributed by atoms with Gasteiger partial charge in [0.05, 0.1) is 17.7 Å². The van der Waals surface area contributed by atoms with Gasteiger partial charge in [0, 0.05) is 0 Å². The third kappa shape index (κ3) is 1.94. The first-order chi connectivity index (χ1) is 6.07. The summed E-state index contributed by atoms with van der Waals surface area (Å²) in [7, 11) is 0. The summed E-state index contributed by atoms with van der Waals surface area (Å²) in [4.78, 5) is 0. The van der Waals surface area contributed by atoms with Crippen LogP contribution in [0.1, 0.15) is 17.2 Å². The van der Waals surface area contributed by atoms with Gasteiger partial charge in [0.25, 0.3) is 0 Å². The summed E-state index contributed by atoms with van der Waals surface area (Å²) in [5.41, 5.74) is 6.82. The maximum Gasteiger partial charge on any atom is 0.137 e. The van der Waals surface area contributed by atoms with Crippen molar-refractivity contribution in [3.8, 4) is 5.75 Å². The molecule has 3 nitrogen and oxygen atoms in total. The SMILES string of the molecule is Cc1ccc(C(N)CO)c(Cl)c1O. The van der Waals surface area contributed by atoms with E-state index in [0.717, 1.165) is 0 Å². The number of aromatic hydroxyl groups is 1. The molecule has 0 aromatic heterocycles. The van der Waals surface area contributed by atoms with Gasteiger partial charge in [0.2, 0.25) is 0 Å². The van der Waals surface area contributed by atoms with Gasteiger partial charge in [-0.1, -0.05) is 23.7 Å². The molecule has 0 saturated heterocycles. The van der Waals surface area contributed by atoms with Crippen LogP contribution in [-0.4, -0.2) is 16.8 Å². The fourth-order valence-electron chi connectivity index (χ4n) is 1.06. The molecule has 13 heavy (non-hydrogen) atoms. The zero-order valence-corrected chi connectivity index (χ0v) is 8.04. The molecular formula is C9H12ClNO2. The Morgan fingerprint density at radius 2 is 2.15 bits per heavy atom. The van der Waals surface area contributed by atoms with E-state index in [-0.39, 0.29) is 17.4 Å². The summed E-state index contributed by atoms with van der Waals surface area (Å²) >= 11 is 5.83. The number of hydrogen-bond donors (Lipinski definition) is 3. The molecule has 0 spiro atoms. The van der Waals surface area contributed by atoms with Gasteiger partial charge in [-0.2, -0.15) is 0 Å². The topological polar surface area (TPSA) is 66.5 Å². The van der Waals surface area contributed by atoms with Crippen LogP contribution in [0.5, 0.6) is 5.75 Å². The molecule has 0 heterocycles. The Hall–Kier alpha value is -0.770. The molecule has 1 aromatic carbocycles. The first kappa shape index (κ1) is 10.3. The highest BCUT2D eigenvalue weighted by atomic mass is 35.5. The number of halogens is 1. The largest absolute Gasteiger partial charge is 0.506 e. The molecule has 0 aliphatic heterocycles. The van der Waals surface area contributed by atoms with E-state index in [0.29, 0.717) is 11.1 Å². The predicted octanol–water partition coefficient (Wildman–Crippen LogP) is 1.35. The van der Waals surface area contributed by atoms with E-state index >= 15 is 0 Å². The first-order valence-electron chi connectivity index (χ1n) is 3.92. The summed E-state index contributed by atoms with van der Waals surface area (Å²) < 4.78 is 0. The Morgan fingerprint density at radius 1 is 1.54 bits per heavy atom. The van der Waals surface area contributed by atoms with Crippen LogP contribution >= 0.6 is 11.6 Å². The Bertz CT molecular complexity index is 315. The average Bonchev–Trinajstić information content (AvgIpc) is 2.13. The summed E-state index contributed by atoms with van der Waals surface area (Å²) in [5.74, 6) is 0.0306. The van der Waals surface area contributed by atoms with E-state index in [1.165, 1.54) is 0 Å². The quantitative estimate of drug-likeness (QED) is 0.677. The number of hydrogen-bond acceptors (Lipinski definition) is 3. The van der Waals surface area contributed by atoms with Crippen molar-refractivity contribution < 1.29 is 10.2 Å². The van der Waals surface area contributed by atoms with Gasteiger partial charge in [0.1, 0.15) is 5.75 Å². The van der Waals surface area contributed by atoms with Crippen molar-refractivity contribution >= 4 is 11.6 Å². The van der Waals surface area contributed by atoms with Crippen LogP contribution in [0.25, 0.3) is 0 Å². The van der Waals surface area contributed by atoms with E-state index in [4.69, 9.17) is 22.4 Å². The molecule has 1 aromatic rings. The predicted molar refractivity (Wildman–Crippen MR) is 51.9 cm³/mol. The molecule has 4 heteroatoms. The first-order valence-corrected chi connectivity index (χ1v) is 4.30. The summed E-state index contributed by atoms with van der Waals surface area (Å²) in [6.45, 7) is 1.55. The number of nitrogens with two attached hydrogens (primary N) is 1. The van der Waals surface area contributed by atoms with Crippen molar-refractivity contribution in [2.75, 3.05) is 6.61 Å². The third-order valence-corrected chi connectivity index (χ3v) is 2.34. The van der Waals surface area contributed by atoms with Crippen LogP contribution in [0.15, 0.2) is 12.1 Å². The van der Waals surface area contributed by atoms with Crippen molar-refractivity contribution in [2.24, 2.45) is 5.73 Å². The van der Waals surface area contributed by atoms with Crippen molar-refractivity contribution in [3.63, 3.8) is 0 Å². The van der Waals surface area contributed by atoms with Gasteiger partial charge < -0.3 is 15.9 Å². The molecule has 0 fully saturated rings. The van der Waals surface area contributed by atoms with Crippen molar-refractivity contribution in [1.29, 1.82) is 0 Å². The zero-order chi connectivity index (χ0) is 10.0. The van der Waals surface area contributed by atoms with Gasteiger partial charge >= 0.3 is 0 Å².